The molecule has 2 rings (SSSR count). The van der Waals surface area contributed by atoms with Crippen molar-refractivity contribution in [1.29, 1.82) is 0 Å². The third-order valence-electron chi connectivity index (χ3n) is 3.74. The van der Waals surface area contributed by atoms with Gasteiger partial charge in [-0.2, -0.15) is 9.97 Å². The third kappa shape index (κ3) is 47.7. The van der Waals surface area contributed by atoms with Crippen molar-refractivity contribution in [3.8, 4) is 0 Å². The summed E-state index contributed by atoms with van der Waals surface area (Å²) in [5.74, 6) is 0.907. The van der Waals surface area contributed by atoms with Gasteiger partial charge in [0.05, 0.1) is 32.8 Å². The van der Waals surface area contributed by atoms with Crippen LogP contribution in [-0.2, 0) is 44.4 Å². The maximum absolute atomic E-state index is 8.95. The molecule has 272 valence electrons. The molecule has 0 spiro atoms. The topological polar surface area (TPSA) is 219 Å². The molecule has 0 aliphatic carbocycles. The van der Waals surface area contributed by atoms with Crippen molar-refractivity contribution in [2.45, 2.75) is 74.0 Å². The smallest absolute Gasteiger partial charge is 0.324 e. The Kier molecular flexibility index (Phi) is 61.5. The van der Waals surface area contributed by atoms with Crippen LogP contribution in [0.3, 0.4) is 0 Å². The van der Waals surface area contributed by atoms with E-state index in [9.17, 15) is 0 Å². The molecular formula is C29H61N6O10P. The van der Waals surface area contributed by atoms with Crippen LogP contribution in [0.2, 0.25) is 0 Å². The molecule has 46 heavy (non-hydrogen) atoms. The Morgan fingerprint density at radius 2 is 1.48 bits per heavy atom. The third-order valence-corrected chi connectivity index (χ3v) is 3.74. The Bertz CT molecular complexity index is 882. The number of hydrogen-bond acceptors (Lipinski definition) is 13. The molecule has 0 radical (unpaired) electrons. The second kappa shape index (κ2) is 51.3. The van der Waals surface area contributed by atoms with Crippen molar-refractivity contribution in [2.75, 3.05) is 72.5 Å². The summed E-state index contributed by atoms with van der Waals surface area (Å²) in [6, 6.07) is 0. The zero-order valence-corrected chi connectivity index (χ0v) is 30.6. The van der Waals surface area contributed by atoms with Crippen molar-refractivity contribution in [2.24, 2.45) is 0 Å². The summed E-state index contributed by atoms with van der Waals surface area (Å²) in [7, 11) is 5.46. The number of imidazole rings is 1. The highest BCUT2D eigenvalue weighted by Crippen LogP contribution is 2.19. The summed E-state index contributed by atoms with van der Waals surface area (Å²) in [5, 5.41) is 10.00. The second-order valence-corrected chi connectivity index (χ2v) is 8.17. The van der Waals surface area contributed by atoms with Gasteiger partial charge >= 0.3 is 8.69 Å². The number of nitrogen functional groups attached to an aromatic ring is 1. The van der Waals surface area contributed by atoms with Crippen LogP contribution in [0.15, 0.2) is 19.0 Å². The van der Waals surface area contributed by atoms with E-state index in [0.717, 1.165) is 37.3 Å². The zero-order valence-electron chi connectivity index (χ0n) is 29.7. The molecule has 0 unspecified atom stereocenters. The highest BCUT2D eigenvalue weighted by Gasteiger charge is 2.11. The number of anilines is 2. The first-order chi connectivity index (χ1) is 22.0. The Balaban J connectivity index is -0.000000115. The van der Waals surface area contributed by atoms with Gasteiger partial charge < -0.3 is 49.3 Å². The van der Waals surface area contributed by atoms with Crippen molar-refractivity contribution >= 4 is 44.6 Å². The van der Waals surface area contributed by atoms with Gasteiger partial charge in [0.2, 0.25) is 5.95 Å². The molecule has 2 aromatic rings. The maximum atomic E-state index is 8.95. The summed E-state index contributed by atoms with van der Waals surface area (Å²) in [6.07, 6.45) is 6.19. The van der Waals surface area contributed by atoms with E-state index in [2.05, 4.69) is 66.6 Å². The van der Waals surface area contributed by atoms with Gasteiger partial charge in [-0.3, -0.25) is 9.59 Å². The van der Waals surface area contributed by atoms with Crippen LogP contribution in [0.5, 0.6) is 0 Å². The van der Waals surface area contributed by atoms with Crippen LogP contribution < -0.4 is 11.1 Å². The van der Waals surface area contributed by atoms with Crippen LogP contribution in [-0.4, -0.2) is 110 Å². The average Bonchev–Trinajstić information content (AvgIpc) is 3.43. The minimum atomic E-state index is -0.833. The number of methoxy groups -OCH3 is 4. The molecule has 0 saturated heterocycles. The average molecular weight is 685 g/mol. The minimum Gasteiger partial charge on any atom is -0.483 e. The van der Waals surface area contributed by atoms with Gasteiger partial charge in [0.15, 0.2) is 17.0 Å². The van der Waals surface area contributed by atoms with Crippen LogP contribution in [0, 0.1) is 0 Å². The van der Waals surface area contributed by atoms with Crippen molar-refractivity contribution < 1.29 is 47.8 Å². The summed E-state index contributed by atoms with van der Waals surface area (Å²) >= 11 is 0. The molecule has 2 aromatic heterocycles. The van der Waals surface area contributed by atoms with E-state index < -0.39 is 8.69 Å². The molecule has 17 heteroatoms. The molecule has 0 saturated carbocycles. The molecule has 0 atom stereocenters. The number of hydrogen-bond donors (Lipinski definition) is 4. The number of ether oxygens (including phenoxy) is 5. The van der Waals surface area contributed by atoms with Crippen molar-refractivity contribution in [3.05, 3.63) is 19.0 Å². The van der Waals surface area contributed by atoms with Crippen LogP contribution in [0.1, 0.15) is 61.3 Å². The lowest BCUT2D eigenvalue weighted by Crippen LogP contribution is -2.06. The number of aromatic nitrogens is 4. The summed E-state index contributed by atoms with van der Waals surface area (Å²) in [5.41, 5.74) is 7.21. The van der Waals surface area contributed by atoms with E-state index >= 15 is 0 Å². The number of rotatable bonds is 12. The van der Waals surface area contributed by atoms with Gasteiger partial charge in [0.1, 0.15) is 0 Å². The van der Waals surface area contributed by atoms with Crippen molar-refractivity contribution in [1.82, 2.24) is 19.5 Å². The van der Waals surface area contributed by atoms with E-state index in [1.807, 2.05) is 32.3 Å². The van der Waals surface area contributed by atoms with Gasteiger partial charge in [0, 0.05) is 47.6 Å². The monoisotopic (exact) mass is 684 g/mol. The molecular weight excluding hydrogens is 623 g/mol. The van der Waals surface area contributed by atoms with E-state index in [0.29, 0.717) is 38.2 Å². The number of carboxylic acid groups (broad SMARTS) is 1. The number of aryl methyl sites for hydroxylation is 1. The normalized spacial score (nSPS) is 8.63. The Hall–Kier alpha value is -3.27. The number of carbonyl (C=O) groups excluding carboxylic acids is 1. The SMILES string of the molecule is C=CCNc1nc(N)nc2c1ncn2CCC.CCC.CCOC.CCOC(C)C.COC=O.COCCOC.O=CO.O=PO. The summed E-state index contributed by atoms with van der Waals surface area (Å²) in [4.78, 5) is 37.0. The number of nitrogens with one attached hydrogen (secondary N) is 1. The standard InChI is InChI=1S/C11H16N6.C5H12O.C4H10O2.C3H8O.C3H8.C2H4O2.CH2O2.HO2P/c1-3-5-13-9-8-10(16-11(12)15-9)17(6-4-2)7-14-8;1-4-6-5(2)3;1-5-3-4-6-2;1-3-4-2;1-3-2;1-4-2-3;2-1-3;1-3-2/h3,7H,1,4-6H2,2H3,(H3,12,13,15,16);5H,4H2,1-3H3;3-4H2,1-2H3;3H2,1-2H3;3H2,1-2H3;2H,1H3;1H,(H,2,3);(H,1,2). The molecule has 0 fully saturated rings. The number of fused-ring (bicyclic) bond motifs is 1. The van der Waals surface area contributed by atoms with E-state index in [-0.39, 0.29) is 12.4 Å². The molecule has 0 aliphatic rings. The first-order valence-corrected chi connectivity index (χ1v) is 15.2. The minimum absolute atomic E-state index is 0.250. The number of nitrogens with two attached hydrogens (primary N) is 1. The molecule has 5 N–H and O–H groups in total. The first-order valence-electron chi connectivity index (χ1n) is 14.4. The molecule has 0 aromatic carbocycles. The van der Waals surface area contributed by atoms with E-state index in [4.69, 9.17) is 34.6 Å². The van der Waals surface area contributed by atoms with Crippen molar-refractivity contribution in [3.63, 3.8) is 0 Å². The fourth-order valence-corrected chi connectivity index (χ4v) is 2.16. The largest absolute Gasteiger partial charge is 0.483 e. The van der Waals surface area contributed by atoms with Gasteiger partial charge in [-0.15, -0.1) is 6.58 Å². The van der Waals surface area contributed by atoms with Gasteiger partial charge in [-0.05, 0) is 34.1 Å². The number of carbonyl (C=O) groups is 2. The number of nitrogens with zero attached hydrogens (tertiary/aromatic N) is 4. The Labute approximate surface area is 277 Å². The zero-order chi connectivity index (χ0) is 37.0. The van der Waals surface area contributed by atoms with E-state index in [1.165, 1.54) is 13.5 Å². The van der Waals surface area contributed by atoms with Crippen LogP contribution >= 0.6 is 8.69 Å². The summed E-state index contributed by atoms with van der Waals surface area (Å²) < 4.78 is 33.2. The predicted molar refractivity (Wildman–Crippen MR) is 184 cm³/mol. The van der Waals surface area contributed by atoms with Crippen LogP contribution in [0.4, 0.5) is 11.8 Å². The molecule has 0 bridgehead atoms. The lowest BCUT2D eigenvalue weighted by atomic mass is 10.4. The highest BCUT2D eigenvalue weighted by atomic mass is 31.1. The Morgan fingerprint density at radius 1 is 1.02 bits per heavy atom. The highest BCUT2D eigenvalue weighted by molar-refractivity contribution is 7.16. The van der Waals surface area contributed by atoms with E-state index in [1.54, 1.807) is 33.7 Å². The molecule has 16 nitrogen and oxygen atoms in total. The van der Waals surface area contributed by atoms with Crippen LogP contribution in [0.25, 0.3) is 11.2 Å². The predicted octanol–water partition coefficient (Wildman–Crippen LogP) is 4.87. The molecule has 0 aliphatic heterocycles. The first kappa shape index (κ1) is 55.2. The van der Waals surface area contributed by atoms with Gasteiger partial charge in [0.25, 0.3) is 12.9 Å². The molecule has 2 heterocycles. The van der Waals surface area contributed by atoms with Gasteiger partial charge in [-0.25, -0.2) is 9.55 Å². The van der Waals surface area contributed by atoms with Gasteiger partial charge in [-0.1, -0.05) is 33.3 Å². The Morgan fingerprint density at radius 3 is 1.76 bits per heavy atom. The lowest BCUT2D eigenvalue weighted by molar-refractivity contribution is -0.126. The summed E-state index contributed by atoms with van der Waals surface area (Å²) in [6.45, 7) is 22.7. The fourth-order valence-electron chi connectivity index (χ4n) is 2.16. The molecule has 0 amide bonds. The fraction of sp³-hybridized carbons (Fsp3) is 0.690. The maximum Gasteiger partial charge on any atom is 0.324 e. The lowest BCUT2D eigenvalue weighted by Gasteiger charge is -2.05. The quantitative estimate of drug-likeness (QED) is 0.101. The second-order valence-electron chi connectivity index (χ2n) is 8.00.